The third-order valence-corrected chi connectivity index (χ3v) is 3.13. The van der Waals surface area contributed by atoms with Crippen molar-refractivity contribution in [1.29, 1.82) is 0 Å². The summed E-state index contributed by atoms with van der Waals surface area (Å²) in [6.45, 7) is 2.87. The number of benzene rings is 1. The van der Waals surface area contributed by atoms with Crippen molar-refractivity contribution in [3.05, 3.63) is 18.2 Å². The monoisotopic (exact) mass is 243 g/mol. The largest absolute Gasteiger partial charge is 0.399 e. The molecule has 0 unspecified atom stereocenters. The number of nitrogens with zero attached hydrogens (tertiary/aromatic N) is 1. The van der Waals surface area contributed by atoms with Crippen LogP contribution in [0, 0.1) is 0 Å². The van der Waals surface area contributed by atoms with E-state index in [0.29, 0.717) is 5.69 Å². The Morgan fingerprint density at radius 3 is 2.44 bits per heavy atom. The lowest BCUT2D eigenvalue weighted by atomic mass is 10.2. The van der Waals surface area contributed by atoms with Crippen LogP contribution in [0.5, 0.6) is 0 Å². The van der Waals surface area contributed by atoms with E-state index in [-0.39, 0.29) is 4.90 Å². The molecule has 0 heterocycles. The summed E-state index contributed by atoms with van der Waals surface area (Å²) < 4.78 is 22.4. The fourth-order valence-electron chi connectivity index (χ4n) is 1.45. The first kappa shape index (κ1) is 12.8. The Labute approximate surface area is 96.1 Å². The van der Waals surface area contributed by atoms with Crippen LogP contribution in [0.15, 0.2) is 23.1 Å². The summed E-state index contributed by atoms with van der Waals surface area (Å²) in [6, 6.07) is 4.62. The highest BCUT2D eigenvalue weighted by atomic mass is 32.2. The minimum absolute atomic E-state index is 0.0467. The summed E-state index contributed by atoms with van der Waals surface area (Å²) in [5.74, 6) is 0. The van der Waals surface area contributed by atoms with Crippen molar-refractivity contribution >= 4 is 21.4 Å². The molecule has 16 heavy (non-hydrogen) atoms. The lowest BCUT2D eigenvalue weighted by Gasteiger charge is -2.19. The van der Waals surface area contributed by atoms with Crippen LogP contribution in [0.1, 0.15) is 13.3 Å². The molecule has 0 spiro atoms. The first-order chi connectivity index (χ1) is 7.34. The molecular weight excluding hydrogens is 226 g/mol. The SMILES string of the molecule is CCCN(C)c1cc(N)cc(S(N)(=O)=O)c1. The molecule has 0 bridgehead atoms. The number of anilines is 2. The molecule has 4 N–H and O–H groups in total. The lowest BCUT2D eigenvalue weighted by Crippen LogP contribution is -2.19. The molecule has 1 aromatic carbocycles. The maximum atomic E-state index is 11.2. The number of primary sulfonamides is 1. The summed E-state index contributed by atoms with van der Waals surface area (Å²) in [4.78, 5) is 1.98. The van der Waals surface area contributed by atoms with Crippen LogP contribution >= 0.6 is 0 Å². The number of sulfonamides is 1. The minimum atomic E-state index is -3.70. The Balaban J connectivity index is 3.18. The second kappa shape index (κ2) is 4.71. The fourth-order valence-corrected chi connectivity index (χ4v) is 2.04. The highest BCUT2D eigenvalue weighted by Gasteiger charge is 2.11. The first-order valence-corrected chi connectivity index (χ1v) is 6.53. The summed E-state index contributed by atoms with van der Waals surface area (Å²) in [5.41, 5.74) is 6.79. The van der Waals surface area contributed by atoms with E-state index in [0.717, 1.165) is 18.7 Å². The predicted octanol–water partition coefficient (Wildman–Crippen LogP) is 0.762. The van der Waals surface area contributed by atoms with Crippen LogP contribution in [0.25, 0.3) is 0 Å². The molecule has 0 atom stereocenters. The van der Waals surface area contributed by atoms with Crippen molar-refractivity contribution in [2.24, 2.45) is 5.14 Å². The van der Waals surface area contributed by atoms with Gasteiger partial charge < -0.3 is 10.6 Å². The first-order valence-electron chi connectivity index (χ1n) is 4.99. The van der Waals surface area contributed by atoms with Crippen LogP contribution in [0.3, 0.4) is 0 Å². The van der Waals surface area contributed by atoms with Crippen LogP contribution in [0.2, 0.25) is 0 Å². The zero-order valence-corrected chi connectivity index (χ0v) is 10.3. The molecule has 0 fully saturated rings. The average molecular weight is 243 g/mol. The topological polar surface area (TPSA) is 89.4 Å². The van der Waals surface area contributed by atoms with E-state index in [1.54, 1.807) is 6.07 Å². The number of hydrogen-bond donors (Lipinski definition) is 2. The smallest absolute Gasteiger partial charge is 0.238 e. The standard InChI is InChI=1S/C10H17N3O2S/c1-3-4-13(2)9-5-8(11)6-10(7-9)16(12,14)15/h5-7H,3-4,11H2,1-2H3,(H2,12,14,15). The summed E-state index contributed by atoms with van der Waals surface area (Å²) in [5, 5.41) is 5.07. The highest BCUT2D eigenvalue weighted by Crippen LogP contribution is 2.22. The van der Waals surface area contributed by atoms with Gasteiger partial charge in [0, 0.05) is 25.0 Å². The van der Waals surface area contributed by atoms with E-state index < -0.39 is 10.0 Å². The molecule has 1 aromatic rings. The van der Waals surface area contributed by atoms with Crippen LogP contribution in [0.4, 0.5) is 11.4 Å². The Kier molecular flexibility index (Phi) is 3.77. The van der Waals surface area contributed by atoms with Crippen LogP contribution in [-0.4, -0.2) is 22.0 Å². The Morgan fingerprint density at radius 1 is 1.31 bits per heavy atom. The van der Waals surface area contributed by atoms with Crippen molar-refractivity contribution < 1.29 is 8.42 Å². The van der Waals surface area contributed by atoms with E-state index >= 15 is 0 Å². The highest BCUT2D eigenvalue weighted by molar-refractivity contribution is 7.89. The van der Waals surface area contributed by atoms with Crippen molar-refractivity contribution in [1.82, 2.24) is 0 Å². The molecule has 0 aliphatic carbocycles. The molecule has 0 saturated carbocycles. The van der Waals surface area contributed by atoms with Crippen molar-refractivity contribution in [2.45, 2.75) is 18.2 Å². The molecule has 0 radical (unpaired) electrons. The van der Waals surface area contributed by atoms with Crippen molar-refractivity contribution in [3.63, 3.8) is 0 Å². The van der Waals surface area contributed by atoms with Gasteiger partial charge in [-0.05, 0) is 24.6 Å². The molecule has 1 rings (SSSR count). The zero-order valence-electron chi connectivity index (χ0n) is 9.47. The molecule has 0 amide bonds. The second-order valence-corrected chi connectivity index (χ2v) is 5.29. The maximum absolute atomic E-state index is 11.2. The molecular formula is C10H17N3O2S. The zero-order chi connectivity index (χ0) is 12.3. The Bertz CT molecular complexity index is 471. The fraction of sp³-hybridized carbons (Fsp3) is 0.400. The van der Waals surface area contributed by atoms with Crippen LogP contribution in [-0.2, 0) is 10.0 Å². The maximum Gasteiger partial charge on any atom is 0.238 e. The summed E-state index contributed by atoms with van der Waals surface area (Å²) in [6.07, 6.45) is 0.968. The van der Waals surface area contributed by atoms with Crippen molar-refractivity contribution in [2.75, 3.05) is 24.2 Å². The van der Waals surface area contributed by atoms with Gasteiger partial charge in [-0.25, -0.2) is 13.6 Å². The van der Waals surface area contributed by atoms with Crippen molar-refractivity contribution in [3.8, 4) is 0 Å². The predicted molar refractivity (Wildman–Crippen MR) is 65.8 cm³/mol. The number of nitrogen functional groups attached to an aromatic ring is 1. The van der Waals surface area contributed by atoms with E-state index in [4.69, 9.17) is 10.9 Å². The Morgan fingerprint density at radius 2 is 1.94 bits per heavy atom. The normalized spacial score (nSPS) is 11.4. The number of rotatable bonds is 4. The van der Waals surface area contributed by atoms with Gasteiger partial charge in [-0.2, -0.15) is 0 Å². The van der Waals surface area contributed by atoms with E-state index in [1.165, 1.54) is 12.1 Å². The van der Waals surface area contributed by atoms with E-state index in [1.807, 2.05) is 18.9 Å². The van der Waals surface area contributed by atoms with Gasteiger partial charge in [0.15, 0.2) is 0 Å². The number of hydrogen-bond acceptors (Lipinski definition) is 4. The van der Waals surface area contributed by atoms with E-state index in [2.05, 4.69) is 0 Å². The molecule has 0 aliphatic heterocycles. The third-order valence-electron chi connectivity index (χ3n) is 2.24. The Hall–Kier alpha value is -1.27. The quantitative estimate of drug-likeness (QED) is 0.764. The van der Waals surface area contributed by atoms with Gasteiger partial charge >= 0.3 is 0 Å². The van der Waals surface area contributed by atoms with Gasteiger partial charge in [0.25, 0.3) is 0 Å². The van der Waals surface area contributed by atoms with Gasteiger partial charge in [-0.15, -0.1) is 0 Å². The van der Waals surface area contributed by atoms with Gasteiger partial charge in [0.2, 0.25) is 10.0 Å². The summed E-state index contributed by atoms with van der Waals surface area (Å²) in [7, 11) is -1.82. The molecule has 5 nitrogen and oxygen atoms in total. The van der Waals surface area contributed by atoms with Crippen LogP contribution < -0.4 is 15.8 Å². The molecule has 0 aliphatic rings. The number of nitrogens with two attached hydrogens (primary N) is 2. The minimum Gasteiger partial charge on any atom is -0.399 e. The summed E-state index contributed by atoms with van der Waals surface area (Å²) >= 11 is 0. The molecule has 90 valence electrons. The van der Waals surface area contributed by atoms with Gasteiger partial charge in [-0.3, -0.25) is 0 Å². The van der Waals surface area contributed by atoms with Gasteiger partial charge in [0.1, 0.15) is 0 Å². The van der Waals surface area contributed by atoms with Gasteiger partial charge in [-0.1, -0.05) is 6.92 Å². The molecule has 0 aromatic heterocycles. The third kappa shape index (κ3) is 3.11. The average Bonchev–Trinajstić information content (AvgIpc) is 2.16. The van der Waals surface area contributed by atoms with Gasteiger partial charge in [0.05, 0.1) is 4.90 Å². The molecule has 6 heteroatoms. The van der Waals surface area contributed by atoms with E-state index in [9.17, 15) is 8.42 Å². The molecule has 0 saturated heterocycles. The second-order valence-electron chi connectivity index (χ2n) is 3.73. The lowest BCUT2D eigenvalue weighted by molar-refractivity contribution is 0.598.